The van der Waals surface area contributed by atoms with Crippen LogP contribution in [0.15, 0.2) is 12.3 Å². The van der Waals surface area contributed by atoms with Gasteiger partial charge in [-0.1, -0.05) is 0 Å². The van der Waals surface area contributed by atoms with Gasteiger partial charge in [0, 0.05) is 18.5 Å². The molecule has 0 radical (unpaired) electrons. The van der Waals surface area contributed by atoms with Crippen LogP contribution in [0.25, 0.3) is 11.2 Å². The summed E-state index contributed by atoms with van der Waals surface area (Å²) in [4.78, 5) is 20.9. The number of aryl methyl sites for hydroxylation is 2. The molecule has 0 fully saturated rings. The predicted molar refractivity (Wildman–Crippen MR) is 78.0 cm³/mol. The normalized spacial score (nSPS) is 12.6. The van der Waals surface area contributed by atoms with Crippen LogP contribution >= 0.6 is 11.6 Å². The van der Waals surface area contributed by atoms with Gasteiger partial charge in [-0.15, -0.1) is 11.6 Å². The summed E-state index contributed by atoms with van der Waals surface area (Å²) in [5.74, 6) is 0.918. The molecule has 0 N–H and O–H groups in total. The number of alkyl halides is 1. The number of halogens is 1. The van der Waals surface area contributed by atoms with Gasteiger partial charge in [0.15, 0.2) is 5.65 Å². The van der Waals surface area contributed by atoms with Crippen molar-refractivity contribution in [3.8, 4) is 0 Å². The van der Waals surface area contributed by atoms with E-state index in [0.29, 0.717) is 24.6 Å². The minimum atomic E-state index is -0.465. The van der Waals surface area contributed by atoms with Crippen LogP contribution in [0.4, 0.5) is 0 Å². The van der Waals surface area contributed by atoms with Crippen molar-refractivity contribution in [2.45, 2.75) is 33.2 Å². The summed E-state index contributed by atoms with van der Waals surface area (Å²) in [5.41, 5.74) is 2.54. The monoisotopic (exact) mass is 295 g/mol. The van der Waals surface area contributed by atoms with Crippen molar-refractivity contribution in [2.24, 2.45) is 0 Å². The molecule has 0 aliphatic carbocycles. The van der Waals surface area contributed by atoms with Crippen LogP contribution in [0.5, 0.6) is 0 Å². The number of rotatable bonds is 5. The van der Waals surface area contributed by atoms with Crippen LogP contribution in [0.2, 0.25) is 0 Å². The van der Waals surface area contributed by atoms with Crippen molar-refractivity contribution in [3.63, 3.8) is 0 Å². The SMILES string of the molecule is CCOC(=O)C(C)n1c(CCCl)nc2c(C)ccnc21. The lowest BCUT2D eigenvalue weighted by atomic mass is 10.2. The maximum absolute atomic E-state index is 12.0. The van der Waals surface area contributed by atoms with E-state index in [9.17, 15) is 4.79 Å². The second kappa shape index (κ2) is 6.22. The summed E-state index contributed by atoms with van der Waals surface area (Å²) in [6.07, 6.45) is 2.30. The third kappa shape index (κ3) is 2.63. The number of aromatic nitrogens is 3. The molecule has 6 heteroatoms. The minimum absolute atomic E-state index is 0.286. The quantitative estimate of drug-likeness (QED) is 0.628. The van der Waals surface area contributed by atoms with Crippen LogP contribution in [0.1, 0.15) is 31.3 Å². The van der Waals surface area contributed by atoms with Gasteiger partial charge in [0.05, 0.1) is 6.61 Å². The maximum Gasteiger partial charge on any atom is 0.328 e. The van der Waals surface area contributed by atoms with E-state index in [1.165, 1.54) is 0 Å². The molecule has 20 heavy (non-hydrogen) atoms. The Kier molecular flexibility index (Phi) is 4.60. The number of ether oxygens (including phenoxy) is 1. The number of imidazole rings is 1. The molecule has 0 aromatic carbocycles. The highest BCUT2D eigenvalue weighted by Gasteiger charge is 2.23. The highest BCUT2D eigenvalue weighted by atomic mass is 35.5. The first-order valence-electron chi connectivity index (χ1n) is 6.65. The first-order chi connectivity index (χ1) is 9.60. The van der Waals surface area contributed by atoms with Gasteiger partial charge in [-0.25, -0.2) is 14.8 Å². The molecule has 108 valence electrons. The summed E-state index contributed by atoms with van der Waals surface area (Å²) in [6.45, 7) is 5.91. The van der Waals surface area contributed by atoms with E-state index >= 15 is 0 Å². The number of esters is 1. The molecule has 2 heterocycles. The Bertz CT molecular complexity index is 624. The van der Waals surface area contributed by atoms with E-state index in [2.05, 4.69) is 9.97 Å². The first kappa shape index (κ1) is 14.8. The molecule has 0 aliphatic rings. The van der Waals surface area contributed by atoms with E-state index in [0.717, 1.165) is 16.9 Å². The lowest BCUT2D eigenvalue weighted by Gasteiger charge is -2.15. The Morgan fingerprint density at radius 1 is 1.55 bits per heavy atom. The van der Waals surface area contributed by atoms with Gasteiger partial charge in [0.25, 0.3) is 0 Å². The molecule has 0 amide bonds. The molecule has 2 rings (SSSR count). The van der Waals surface area contributed by atoms with E-state index < -0.39 is 6.04 Å². The van der Waals surface area contributed by atoms with Gasteiger partial charge < -0.3 is 4.74 Å². The maximum atomic E-state index is 12.0. The Morgan fingerprint density at radius 2 is 2.30 bits per heavy atom. The van der Waals surface area contributed by atoms with Crippen molar-refractivity contribution in [2.75, 3.05) is 12.5 Å². The van der Waals surface area contributed by atoms with Gasteiger partial charge in [0.1, 0.15) is 17.4 Å². The number of hydrogen-bond acceptors (Lipinski definition) is 4. The van der Waals surface area contributed by atoms with E-state index in [4.69, 9.17) is 16.3 Å². The zero-order valence-corrected chi connectivity index (χ0v) is 12.6. The van der Waals surface area contributed by atoms with Gasteiger partial charge in [-0.3, -0.25) is 4.57 Å². The number of carbonyl (C=O) groups excluding carboxylic acids is 1. The molecule has 0 spiro atoms. The van der Waals surface area contributed by atoms with Crippen molar-refractivity contribution < 1.29 is 9.53 Å². The van der Waals surface area contributed by atoms with Crippen molar-refractivity contribution in [3.05, 3.63) is 23.7 Å². The average molecular weight is 296 g/mol. The van der Waals surface area contributed by atoms with Gasteiger partial charge in [-0.2, -0.15) is 0 Å². The van der Waals surface area contributed by atoms with Crippen LogP contribution in [-0.4, -0.2) is 33.0 Å². The third-order valence-corrected chi connectivity index (χ3v) is 3.38. The van der Waals surface area contributed by atoms with E-state index in [1.54, 1.807) is 20.0 Å². The molecule has 0 bridgehead atoms. The first-order valence-corrected chi connectivity index (χ1v) is 7.18. The fourth-order valence-electron chi connectivity index (χ4n) is 2.19. The number of pyridine rings is 1. The zero-order valence-electron chi connectivity index (χ0n) is 11.9. The minimum Gasteiger partial charge on any atom is -0.464 e. The molecular formula is C14H18ClN3O2. The molecule has 2 aromatic rings. The highest BCUT2D eigenvalue weighted by molar-refractivity contribution is 6.17. The number of nitrogens with zero attached hydrogens (tertiary/aromatic N) is 3. The number of hydrogen-bond donors (Lipinski definition) is 0. The smallest absolute Gasteiger partial charge is 0.328 e. The molecule has 0 aliphatic heterocycles. The molecule has 0 saturated heterocycles. The molecule has 2 aromatic heterocycles. The lowest BCUT2D eigenvalue weighted by molar-refractivity contribution is -0.146. The highest BCUT2D eigenvalue weighted by Crippen LogP contribution is 2.23. The summed E-state index contributed by atoms with van der Waals surface area (Å²) in [7, 11) is 0. The van der Waals surface area contributed by atoms with Crippen molar-refractivity contribution in [1.29, 1.82) is 0 Å². The molecular weight excluding hydrogens is 278 g/mol. The van der Waals surface area contributed by atoms with Crippen LogP contribution in [0, 0.1) is 6.92 Å². The van der Waals surface area contributed by atoms with Crippen molar-refractivity contribution in [1.82, 2.24) is 14.5 Å². The number of carbonyl (C=O) groups is 1. The molecule has 1 unspecified atom stereocenters. The number of fused-ring (bicyclic) bond motifs is 1. The van der Waals surface area contributed by atoms with E-state index in [-0.39, 0.29) is 5.97 Å². The predicted octanol–water partition coefficient (Wildman–Crippen LogP) is 2.65. The van der Waals surface area contributed by atoms with Crippen LogP contribution < -0.4 is 0 Å². The van der Waals surface area contributed by atoms with Gasteiger partial charge in [-0.05, 0) is 32.4 Å². The largest absolute Gasteiger partial charge is 0.464 e. The van der Waals surface area contributed by atoms with Crippen molar-refractivity contribution >= 4 is 28.7 Å². The molecule has 0 saturated carbocycles. The zero-order chi connectivity index (χ0) is 14.7. The second-order valence-electron chi connectivity index (χ2n) is 4.57. The third-order valence-electron chi connectivity index (χ3n) is 3.19. The van der Waals surface area contributed by atoms with Crippen LogP contribution in [0.3, 0.4) is 0 Å². The van der Waals surface area contributed by atoms with Gasteiger partial charge >= 0.3 is 5.97 Å². The Hall–Kier alpha value is -1.62. The van der Waals surface area contributed by atoms with Gasteiger partial charge in [0.2, 0.25) is 0 Å². The fourth-order valence-corrected chi connectivity index (χ4v) is 2.36. The molecule has 1 atom stereocenters. The summed E-state index contributed by atoms with van der Waals surface area (Å²) in [5, 5.41) is 0. The summed E-state index contributed by atoms with van der Waals surface area (Å²) >= 11 is 5.83. The molecule has 5 nitrogen and oxygen atoms in total. The second-order valence-corrected chi connectivity index (χ2v) is 4.94. The Labute approximate surface area is 122 Å². The van der Waals surface area contributed by atoms with E-state index in [1.807, 2.05) is 17.6 Å². The lowest BCUT2D eigenvalue weighted by Crippen LogP contribution is -2.21. The fraction of sp³-hybridized carbons (Fsp3) is 0.500. The Balaban J connectivity index is 2.56. The average Bonchev–Trinajstić information content (AvgIpc) is 2.78. The Morgan fingerprint density at radius 3 is 2.95 bits per heavy atom. The summed E-state index contributed by atoms with van der Waals surface area (Å²) < 4.78 is 6.91. The van der Waals surface area contributed by atoms with Crippen LogP contribution in [-0.2, 0) is 16.0 Å². The summed E-state index contributed by atoms with van der Waals surface area (Å²) in [6, 6.07) is 1.44. The standard InChI is InChI=1S/C14H18ClN3O2/c1-4-20-14(19)10(3)18-11(5-7-15)17-12-9(2)6-8-16-13(12)18/h6,8,10H,4-5,7H2,1-3H3. The topological polar surface area (TPSA) is 57.0 Å².